The molecule has 10 heteroatoms. The standard InChI is InChI=1S/C22H22FN3O5S/c1-15(21(27)25-19-4-2-3-16(13-19)14-24)31-22(28)17-9-11-26(12-10-17)32(29,30)20-7-5-18(23)6-8-20/h2-8,13,15,17H,9-12H2,1H3,(H,25,27)/t15-/m0/s1. The van der Waals surface area contributed by atoms with Crippen LogP contribution in [0.4, 0.5) is 10.1 Å². The van der Waals surface area contributed by atoms with Crippen molar-refractivity contribution in [3.05, 3.63) is 59.9 Å². The molecule has 0 spiro atoms. The lowest BCUT2D eigenvalue weighted by molar-refractivity contribution is -0.158. The molecule has 1 aliphatic heterocycles. The summed E-state index contributed by atoms with van der Waals surface area (Å²) in [5.74, 6) is -2.17. The summed E-state index contributed by atoms with van der Waals surface area (Å²) in [6.07, 6.45) is -0.565. The Morgan fingerprint density at radius 1 is 1.19 bits per heavy atom. The summed E-state index contributed by atoms with van der Waals surface area (Å²) < 4.78 is 45.0. The van der Waals surface area contributed by atoms with E-state index in [9.17, 15) is 22.4 Å². The van der Waals surface area contributed by atoms with Crippen LogP contribution in [0.1, 0.15) is 25.3 Å². The zero-order valence-corrected chi connectivity index (χ0v) is 18.1. The van der Waals surface area contributed by atoms with E-state index in [0.717, 1.165) is 12.1 Å². The predicted octanol–water partition coefficient (Wildman–Crippen LogP) is 2.67. The lowest BCUT2D eigenvalue weighted by atomic mass is 9.98. The monoisotopic (exact) mass is 459 g/mol. The van der Waals surface area contributed by atoms with Crippen molar-refractivity contribution in [2.45, 2.75) is 30.8 Å². The van der Waals surface area contributed by atoms with Crippen molar-refractivity contribution in [1.29, 1.82) is 5.26 Å². The molecule has 8 nitrogen and oxygen atoms in total. The Bertz CT molecular complexity index is 1140. The average molecular weight is 459 g/mol. The van der Waals surface area contributed by atoms with Crippen LogP contribution in [0.25, 0.3) is 0 Å². The molecule has 0 radical (unpaired) electrons. The molecule has 1 fully saturated rings. The Balaban J connectivity index is 1.53. The SMILES string of the molecule is C[C@H](OC(=O)C1CCN(S(=O)(=O)c2ccc(F)cc2)CC1)C(=O)Nc1cccc(C#N)c1. The van der Waals surface area contributed by atoms with E-state index in [1.165, 1.54) is 29.4 Å². The van der Waals surface area contributed by atoms with Crippen LogP contribution in [0.3, 0.4) is 0 Å². The molecule has 1 aliphatic rings. The zero-order chi connectivity index (χ0) is 23.3. The second-order valence-corrected chi connectivity index (χ2v) is 9.33. The first-order valence-corrected chi connectivity index (χ1v) is 11.4. The molecule has 3 rings (SSSR count). The van der Waals surface area contributed by atoms with Crippen LogP contribution >= 0.6 is 0 Å². The maximum Gasteiger partial charge on any atom is 0.309 e. The Kier molecular flexibility index (Phi) is 7.22. The maximum absolute atomic E-state index is 13.1. The van der Waals surface area contributed by atoms with E-state index in [1.807, 2.05) is 6.07 Å². The number of rotatable bonds is 6. The highest BCUT2D eigenvalue weighted by atomic mass is 32.2. The number of carbonyl (C=O) groups excluding carboxylic acids is 2. The van der Waals surface area contributed by atoms with Gasteiger partial charge in [-0.3, -0.25) is 9.59 Å². The van der Waals surface area contributed by atoms with Gasteiger partial charge in [-0.1, -0.05) is 6.07 Å². The maximum atomic E-state index is 13.1. The molecule has 168 valence electrons. The topological polar surface area (TPSA) is 117 Å². The Labute approximate surface area is 185 Å². The summed E-state index contributed by atoms with van der Waals surface area (Å²) in [6, 6.07) is 12.9. The van der Waals surface area contributed by atoms with Crippen molar-refractivity contribution in [3.63, 3.8) is 0 Å². The molecule has 1 atom stereocenters. The van der Waals surface area contributed by atoms with E-state index >= 15 is 0 Å². The number of sulfonamides is 1. The molecule has 0 aromatic heterocycles. The van der Waals surface area contributed by atoms with Gasteiger partial charge in [-0.2, -0.15) is 9.57 Å². The van der Waals surface area contributed by atoms with Gasteiger partial charge in [0.2, 0.25) is 10.0 Å². The fourth-order valence-corrected chi connectivity index (χ4v) is 4.79. The normalized spacial score (nSPS) is 16.0. The number of nitriles is 1. The van der Waals surface area contributed by atoms with Crippen LogP contribution < -0.4 is 5.32 Å². The number of nitrogens with one attached hydrogen (secondary N) is 1. The number of halogens is 1. The number of anilines is 1. The largest absolute Gasteiger partial charge is 0.452 e. The van der Waals surface area contributed by atoms with Crippen LogP contribution in [-0.4, -0.2) is 43.8 Å². The first-order valence-electron chi connectivity index (χ1n) is 9.98. The molecule has 1 N–H and O–H groups in total. The number of amides is 1. The number of piperidine rings is 1. The van der Waals surface area contributed by atoms with Gasteiger partial charge in [0.15, 0.2) is 6.10 Å². The van der Waals surface area contributed by atoms with Crippen LogP contribution in [0.15, 0.2) is 53.4 Å². The summed E-state index contributed by atoms with van der Waals surface area (Å²) in [6.45, 7) is 1.66. The molecule has 1 heterocycles. The van der Waals surface area contributed by atoms with Crippen LogP contribution in [-0.2, 0) is 24.3 Å². The van der Waals surface area contributed by atoms with Gasteiger partial charge >= 0.3 is 5.97 Å². The lowest BCUT2D eigenvalue weighted by Crippen LogP contribution is -2.41. The first kappa shape index (κ1) is 23.4. The van der Waals surface area contributed by atoms with Crippen LogP contribution in [0.5, 0.6) is 0 Å². The van der Waals surface area contributed by atoms with E-state index in [-0.39, 0.29) is 30.8 Å². The minimum absolute atomic E-state index is 0.00862. The van der Waals surface area contributed by atoms with E-state index in [1.54, 1.807) is 18.2 Å². The van der Waals surface area contributed by atoms with Crippen molar-refractivity contribution < 1.29 is 27.1 Å². The third-order valence-corrected chi connectivity index (χ3v) is 7.07. The van der Waals surface area contributed by atoms with E-state index in [2.05, 4.69) is 5.32 Å². The minimum Gasteiger partial charge on any atom is -0.452 e. The van der Waals surface area contributed by atoms with E-state index in [4.69, 9.17) is 10.00 Å². The molecule has 0 aliphatic carbocycles. The molecule has 0 saturated carbocycles. The van der Waals surface area contributed by atoms with Crippen molar-refractivity contribution in [3.8, 4) is 6.07 Å². The molecule has 32 heavy (non-hydrogen) atoms. The smallest absolute Gasteiger partial charge is 0.309 e. The summed E-state index contributed by atoms with van der Waals surface area (Å²) in [7, 11) is -3.78. The fraction of sp³-hybridized carbons (Fsp3) is 0.318. The van der Waals surface area contributed by atoms with Crippen molar-refractivity contribution >= 4 is 27.6 Å². The summed E-state index contributed by atoms with van der Waals surface area (Å²) in [4.78, 5) is 24.8. The van der Waals surface area contributed by atoms with Gasteiger partial charge in [0.05, 0.1) is 22.4 Å². The second-order valence-electron chi connectivity index (χ2n) is 7.39. The third-order valence-electron chi connectivity index (χ3n) is 5.16. The Hall–Kier alpha value is -3.29. The third kappa shape index (κ3) is 5.49. The van der Waals surface area contributed by atoms with E-state index < -0.39 is 39.7 Å². The van der Waals surface area contributed by atoms with Crippen LogP contribution in [0.2, 0.25) is 0 Å². The number of benzene rings is 2. The van der Waals surface area contributed by atoms with Crippen molar-refractivity contribution in [2.75, 3.05) is 18.4 Å². The number of esters is 1. The number of carbonyl (C=O) groups is 2. The average Bonchev–Trinajstić information content (AvgIpc) is 2.79. The number of hydrogen-bond donors (Lipinski definition) is 1. The second kappa shape index (κ2) is 9.89. The molecular weight excluding hydrogens is 437 g/mol. The van der Waals surface area contributed by atoms with Gasteiger partial charge in [0, 0.05) is 18.8 Å². The highest BCUT2D eigenvalue weighted by molar-refractivity contribution is 7.89. The quantitative estimate of drug-likeness (QED) is 0.664. The van der Waals surface area contributed by atoms with Crippen molar-refractivity contribution in [2.24, 2.45) is 5.92 Å². The minimum atomic E-state index is -3.78. The summed E-state index contributed by atoms with van der Waals surface area (Å²) in [5, 5.41) is 11.5. The molecule has 1 saturated heterocycles. The summed E-state index contributed by atoms with van der Waals surface area (Å²) in [5.41, 5.74) is 0.797. The van der Waals surface area contributed by atoms with Gasteiger partial charge in [-0.05, 0) is 62.2 Å². The van der Waals surface area contributed by atoms with E-state index in [0.29, 0.717) is 11.3 Å². The fourth-order valence-electron chi connectivity index (χ4n) is 3.32. The molecule has 1 amide bonds. The highest BCUT2D eigenvalue weighted by Gasteiger charge is 2.34. The van der Waals surface area contributed by atoms with Gasteiger partial charge in [-0.25, -0.2) is 12.8 Å². The highest BCUT2D eigenvalue weighted by Crippen LogP contribution is 2.25. The van der Waals surface area contributed by atoms with Crippen molar-refractivity contribution in [1.82, 2.24) is 4.31 Å². The first-order chi connectivity index (χ1) is 15.2. The molecule has 2 aromatic carbocycles. The van der Waals surface area contributed by atoms with Gasteiger partial charge < -0.3 is 10.1 Å². The Morgan fingerprint density at radius 3 is 2.47 bits per heavy atom. The Morgan fingerprint density at radius 2 is 1.84 bits per heavy atom. The predicted molar refractivity (Wildman–Crippen MR) is 113 cm³/mol. The number of ether oxygens (including phenoxy) is 1. The zero-order valence-electron chi connectivity index (χ0n) is 17.3. The number of nitrogens with zero attached hydrogens (tertiary/aromatic N) is 2. The van der Waals surface area contributed by atoms with Gasteiger partial charge in [0.1, 0.15) is 5.82 Å². The molecule has 2 aromatic rings. The lowest BCUT2D eigenvalue weighted by Gasteiger charge is -2.30. The molecule has 0 unspecified atom stereocenters. The van der Waals surface area contributed by atoms with Gasteiger partial charge in [-0.15, -0.1) is 0 Å². The van der Waals surface area contributed by atoms with Crippen LogP contribution in [0, 0.1) is 23.1 Å². The van der Waals surface area contributed by atoms with Gasteiger partial charge in [0.25, 0.3) is 5.91 Å². The molecular formula is C22H22FN3O5S. The summed E-state index contributed by atoms with van der Waals surface area (Å²) >= 11 is 0. The molecule has 0 bridgehead atoms. The number of hydrogen-bond acceptors (Lipinski definition) is 6.